The van der Waals surface area contributed by atoms with Crippen molar-refractivity contribution in [2.24, 2.45) is 0 Å². The van der Waals surface area contributed by atoms with Crippen LogP contribution in [0.25, 0.3) is 0 Å². The zero-order valence-electron chi connectivity index (χ0n) is 15.3. The number of benzene rings is 3. The lowest BCUT2D eigenvalue weighted by molar-refractivity contribution is -0.113. The molecule has 28 heavy (non-hydrogen) atoms. The summed E-state index contributed by atoms with van der Waals surface area (Å²) in [4.78, 5) is 13.2. The predicted molar refractivity (Wildman–Crippen MR) is 114 cm³/mol. The minimum atomic E-state index is -3.68. The average Bonchev–Trinajstić information content (AvgIpc) is 2.69. The zero-order chi connectivity index (χ0) is 20.0. The van der Waals surface area contributed by atoms with Crippen molar-refractivity contribution in [1.29, 1.82) is 0 Å². The molecule has 0 spiro atoms. The molecule has 0 atom stereocenters. The Balaban J connectivity index is 1.59. The third kappa shape index (κ3) is 5.61. The van der Waals surface area contributed by atoms with Crippen LogP contribution in [0.5, 0.6) is 0 Å². The van der Waals surface area contributed by atoms with Crippen molar-refractivity contribution in [3.05, 3.63) is 84.4 Å². The average molecular weight is 413 g/mol. The van der Waals surface area contributed by atoms with Gasteiger partial charge in [-0.25, -0.2) is 8.42 Å². The van der Waals surface area contributed by atoms with Crippen LogP contribution in [-0.2, 0) is 14.8 Å². The Morgan fingerprint density at radius 2 is 1.46 bits per heavy atom. The largest absolute Gasteiger partial charge is 0.325 e. The SMILES string of the molecule is Cc1ccc(NS(=O)(=O)c2ccc(NC(=O)CSc3ccccc3)cc2)cc1. The van der Waals surface area contributed by atoms with E-state index < -0.39 is 10.0 Å². The van der Waals surface area contributed by atoms with E-state index in [1.54, 1.807) is 24.3 Å². The Kier molecular flexibility index (Phi) is 6.38. The van der Waals surface area contributed by atoms with E-state index in [1.807, 2.05) is 49.4 Å². The number of hydrogen-bond donors (Lipinski definition) is 2. The highest BCUT2D eigenvalue weighted by Gasteiger charge is 2.14. The molecule has 1 amide bonds. The lowest BCUT2D eigenvalue weighted by atomic mass is 10.2. The second-order valence-corrected chi connectivity index (χ2v) is 8.88. The van der Waals surface area contributed by atoms with E-state index in [0.29, 0.717) is 11.4 Å². The van der Waals surface area contributed by atoms with Crippen LogP contribution in [0.3, 0.4) is 0 Å². The molecule has 3 rings (SSSR count). The van der Waals surface area contributed by atoms with Gasteiger partial charge >= 0.3 is 0 Å². The summed E-state index contributed by atoms with van der Waals surface area (Å²) in [6.07, 6.45) is 0. The quantitative estimate of drug-likeness (QED) is 0.559. The summed E-state index contributed by atoms with van der Waals surface area (Å²) in [7, 11) is -3.68. The van der Waals surface area contributed by atoms with Crippen LogP contribution in [0.1, 0.15) is 5.56 Å². The van der Waals surface area contributed by atoms with E-state index >= 15 is 0 Å². The van der Waals surface area contributed by atoms with E-state index in [0.717, 1.165) is 10.5 Å². The van der Waals surface area contributed by atoms with Crippen LogP contribution in [0.15, 0.2) is 88.7 Å². The lowest BCUT2D eigenvalue weighted by Gasteiger charge is -2.10. The van der Waals surface area contributed by atoms with Gasteiger partial charge < -0.3 is 5.32 Å². The fourth-order valence-corrected chi connectivity index (χ4v) is 4.19. The van der Waals surface area contributed by atoms with Gasteiger partial charge in [0.15, 0.2) is 0 Å². The fourth-order valence-electron chi connectivity index (χ4n) is 2.42. The molecule has 0 fully saturated rings. The van der Waals surface area contributed by atoms with Crippen molar-refractivity contribution in [2.45, 2.75) is 16.7 Å². The number of nitrogens with one attached hydrogen (secondary N) is 2. The molecule has 0 saturated carbocycles. The normalized spacial score (nSPS) is 11.0. The molecule has 0 heterocycles. The first-order valence-electron chi connectivity index (χ1n) is 8.60. The number of thioether (sulfide) groups is 1. The van der Waals surface area contributed by atoms with Gasteiger partial charge in [-0.3, -0.25) is 9.52 Å². The smallest absolute Gasteiger partial charge is 0.261 e. The van der Waals surface area contributed by atoms with Crippen LogP contribution >= 0.6 is 11.8 Å². The van der Waals surface area contributed by atoms with Crippen molar-refractivity contribution >= 4 is 39.1 Å². The lowest BCUT2D eigenvalue weighted by Crippen LogP contribution is -2.15. The van der Waals surface area contributed by atoms with E-state index in [2.05, 4.69) is 10.0 Å². The fraction of sp³-hybridized carbons (Fsp3) is 0.0952. The number of carbonyl (C=O) groups is 1. The number of anilines is 2. The molecule has 5 nitrogen and oxygen atoms in total. The van der Waals surface area contributed by atoms with Crippen LogP contribution in [0, 0.1) is 6.92 Å². The minimum Gasteiger partial charge on any atom is -0.325 e. The zero-order valence-corrected chi connectivity index (χ0v) is 16.9. The molecule has 0 aliphatic carbocycles. The highest BCUT2D eigenvalue weighted by molar-refractivity contribution is 8.00. The Labute approximate surface area is 169 Å². The summed E-state index contributed by atoms with van der Waals surface area (Å²) in [5.41, 5.74) is 2.10. The van der Waals surface area contributed by atoms with Gasteiger partial charge in [0.1, 0.15) is 0 Å². The monoisotopic (exact) mass is 412 g/mol. The Morgan fingerprint density at radius 1 is 0.857 bits per heavy atom. The molecule has 2 N–H and O–H groups in total. The second-order valence-electron chi connectivity index (χ2n) is 6.15. The third-order valence-corrected chi connectivity index (χ3v) is 6.27. The molecular formula is C21H20N2O3S2. The molecule has 0 aromatic heterocycles. The van der Waals surface area contributed by atoms with Crippen molar-refractivity contribution in [1.82, 2.24) is 0 Å². The predicted octanol–water partition coefficient (Wildman–Crippen LogP) is 4.53. The number of sulfonamides is 1. The number of carbonyl (C=O) groups excluding carboxylic acids is 1. The summed E-state index contributed by atoms with van der Waals surface area (Å²) in [5, 5.41) is 2.77. The maximum absolute atomic E-state index is 12.5. The molecule has 7 heteroatoms. The first-order valence-corrected chi connectivity index (χ1v) is 11.1. The number of rotatable bonds is 7. The summed E-state index contributed by atoms with van der Waals surface area (Å²) in [6.45, 7) is 1.93. The molecule has 3 aromatic rings. The van der Waals surface area contributed by atoms with Gasteiger partial charge in [0.2, 0.25) is 5.91 Å². The van der Waals surface area contributed by atoms with Crippen LogP contribution in [0.4, 0.5) is 11.4 Å². The van der Waals surface area contributed by atoms with Crippen molar-refractivity contribution in [3.8, 4) is 0 Å². The van der Waals surface area contributed by atoms with Crippen molar-refractivity contribution < 1.29 is 13.2 Å². The summed E-state index contributed by atoms with van der Waals surface area (Å²) >= 11 is 1.44. The second kappa shape index (κ2) is 8.95. The van der Waals surface area contributed by atoms with Crippen LogP contribution < -0.4 is 10.0 Å². The number of aryl methyl sites for hydroxylation is 1. The van der Waals surface area contributed by atoms with Gasteiger partial charge in [0, 0.05) is 16.3 Å². The summed E-state index contributed by atoms with van der Waals surface area (Å²) in [6, 6.07) is 22.8. The molecule has 0 radical (unpaired) electrons. The number of amides is 1. The number of hydrogen-bond acceptors (Lipinski definition) is 4. The molecule has 0 aliphatic rings. The maximum Gasteiger partial charge on any atom is 0.261 e. The molecule has 144 valence electrons. The molecule has 0 bridgehead atoms. The molecular weight excluding hydrogens is 392 g/mol. The molecule has 3 aromatic carbocycles. The van der Waals surface area contributed by atoms with Gasteiger partial charge in [-0.1, -0.05) is 35.9 Å². The van der Waals surface area contributed by atoms with Crippen molar-refractivity contribution in [2.75, 3.05) is 15.8 Å². The topological polar surface area (TPSA) is 75.3 Å². The van der Waals surface area contributed by atoms with E-state index in [-0.39, 0.29) is 16.6 Å². The van der Waals surface area contributed by atoms with E-state index in [4.69, 9.17) is 0 Å². The minimum absolute atomic E-state index is 0.129. The first-order chi connectivity index (χ1) is 13.4. The van der Waals surface area contributed by atoms with Gasteiger partial charge in [0.25, 0.3) is 10.0 Å². The van der Waals surface area contributed by atoms with Crippen LogP contribution in [-0.4, -0.2) is 20.1 Å². The van der Waals surface area contributed by atoms with Crippen molar-refractivity contribution in [3.63, 3.8) is 0 Å². The van der Waals surface area contributed by atoms with Gasteiger partial charge in [-0.2, -0.15) is 0 Å². The Morgan fingerprint density at radius 3 is 2.11 bits per heavy atom. The van der Waals surface area contributed by atoms with Gasteiger partial charge in [0.05, 0.1) is 10.6 Å². The summed E-state index contributed by atoms with van der Waals surface area (Å²) < 4.78 is 27.5. The molecule has 0 saturated heterocycles. The molecule has 0 aliphatic heterocycles. The van der Waals surface area contributed by atoms with Gasteiger partial charge in [-0.05, 0) is 55.5 Å². The summed E-state index contributed by atoms with van der Waals surface area (Å²) in [5.74, 6) is 0.126. The highest BCUT2D eigenvalue weighted by Crippen LogP contribution is 2.20. The van der Waals surface area contributed by atoms with E-state index in [1.165, 1.54) is 23.9 Å². The first kappa shape index (κ1) is 20.0. The Hall–Kier alpha value is -2.77. The van der Waals surface area contributed by atoms with Gasteiger partial charge in [-0.15, -0.1) is 11.8 Å². The standard InChI is InChI=1S/C21H20N2O3S2/c1-16-7-9-18(10-8-16)23-28(25,26)20-13-11-17(12-14-20)22-21(24)15-27-19-5-3-2-4-6-19/h2-14,23H,15H2,1H3,(H,22,24). The van der Waals surface area contributed by atoms with Crippen LogP contribution in [0.2, 0.25) is 0 Å². The maximum atomic E-state index is 12.5. The Bertz CT molecular complexity index is 1030. The molecule has 0 unspecified atom stereocenters. The third-order valence-electron chi connectivity index (χ3n) is 3.87. The highest BCUT2D eigenvalue weighted by atomic mass is 32.2. The van der Waals surface area contributed by atoms with E-state index in [9.17, 15) is 13.2 Å².